The van der Waals surface area contributed by atoms with E-state index in [0.29, 0.717) is 16.3 Å². The third-order valence-electron chi connectivity index (χ3n) is 6.64. The minimum absolute atomic E-state index is 0.0270. The first-order valence-corrected chi connectivity index (χ1v) is 12.5. The van der Waals surface area contributed by atoms with Crippen molar-refractivity contribution in [3.8, 4) is 0 Å². The van der Waals surface area contributed by atoms with Crippen LogP contribution in [0.4, 0.5) is 11.4 Å². The quantitative estimate of drug-likeness (QED) is 0.216. The summed E-state index contributed by atoms with van der Waals surface area (Å²) in [5, 5.41) is 24.8. The van der Waals surface area contributed by atoms with Gasteiger partial charge >= 0.3 is 5.97 Å². The average molecular weight is 515 g/mol. The Morgan fingerprint density at radius 1 is 1.09 bits per heavy atom. The summed E-state index contributed by atoms with van der Waals surface area (Å²) >= 11 is 15.1. The fourth-order valence-corrected chi connectivity index (χ4v) is 7.35. The van der Waals surface area contributed by atoms with Crippen LogP contribution in [0, 0.1) is 16.0 Å². The molecule has 34 heavy (non-hydrogen) atoms. The summed E-state index contributed by atoms with van der Waals surface area (Å²) in [6, 6.07) is 19.3. The van der Waals surface area contributed by atoms with Gasteiger partial charge in [0.05, 0.1) is 26.8 Å². The van der Waals surface area contributed by atoms with Crippen molar-refractivity contribution in [1.29, 1.82) is 0 Å². The first kappa shape index (κ1) is 23.0. The number of carbonyl (C=O) groups is 1. The summed E-state index contributed by atoms with van der Waals surface area (Å²) in [6.45, 7) is 0. The first-order valence-electron chi connectivity index (χ1n) is 10.8. The smallest absolute Gasteiger partial charge is 0.335 e. The standard InChI is InChI=1S/C25H20Cl2N2O4S/c26-17-6-2-1-5-14(17)24-16-12-21(34-20-8-4-3-7-19(20)29(32)33)23(27)22(16)15-11-13(25(30)31)9-10-18(15)28-24/h1-11,16,21-24,28H,12H2,(H,30,31)/t16-,21+,22-,23+,24+/m0/s1. The highest BCUT2D eigenvalue weighted by Gasteiger charge is 2.50. The largest absolute Gasteiger partial charge is 0.478 e. The van der Waals surface area contributed by atoms with Crippen LogP contribution < -0.4 is 5.32 Å². The Bertz CT molecular complexity index is 1290. The summed E-state index contributed by atoms with van der Waals surface area (Å²) in [6.07, 6.45) is 0.690. The predicted molar refractivity (Wildman–Crippen MR) is 134 cm³/mol. The number of fused-ring (bicyclic) bond motifs is 3. The molecule has 6 nitrogen and oxygen atoms in total. The van der Waals surface area contributed by atoms with Gasteiger partial charge < -0.3 is 10.4 Å². The maximum absolute atomic E-state index is 11.7. The molecule has 1 fully saturated rings. The SMILES string of the molecule is O=C(O)c1ccc2c(c1)[C@@H]1[C@H](Cl)[C@H](Sc3ccccc3[N+](=O)[O-])C[C@@H]1[C@@H](c1ccccc1Cl)N2. The Morgan fingerprint density at radius 3 is 2.56 bits per heavy atom. The van der Waals surface area contributed by atoms with Gasteiger partial charge in [0.2, 0.25) is 0 Å². The number of rotatable bonds is 5. The van der Waals surface area contributed by atoms with E-state index in [9.17, 15) is 20.0 Å². The third-order valence-corrected chi connectivity index (χ3v) is 9.10. The maximum Gasteiger partial charge on any atom is 0.335 e. The van der Waals surface area contributed by atoms with Crippen molar-refractivity contribution in [2.24, 2.45) is 5.92 Å². The minimum atomic E-state index is -0.998. The lowest BCUT2D eigenvalue weighted by Gasteiger charge is -2.38. The van der Waals surface area contributed by atoms with E-state index in [-0.39, 0.29) is 44.7 Å². The fourth-order valence-electron chi connectivity index (χ4n) is 5.15. The number of halogens is 2. The second kappa shape index (κ2) is 9.13. The van der Waals surface area contributed by atoms with Crippen LogP contribution in [0.5, 0.6) is 0 Å². The molecule has 0 amide bonds. The molecule has 9 heteroatoms. The van der Waals surface area contributed by atoms with Crippen molar-refractivity contribution < 1.29 is 14.8 Å². The third kappa shape index (κ3) is 4.02. The van der Waals surface area contributed by atoms with Crippen molar-refractivity contribution in [3.05, 3.63) is 98.6 Å². The number of nitro groups is 1. The van der Waals surface area contributed by atoms with Gasteiger partial charge in [-0.15, -0.1) is 23.4 Å². The number of hydrogen-bond acceptors (Lipinski definition) is 5. The molecule has 3 aromatic rings. The lowest BCUT2D eigenvalue weighted by molar-refractivity contribution is -0.387. The van der Waals surface area contributed by atoms with E-state index in [1.807, 2.05) is 24.3 Å². The Balaban J connectivity index is 1.57. The van der Waals surface area contributed by atoms with E-state index < -0.39 is 5.97 Å². The summed E-state index contributed by atoms with van der Waals surface area (Å²) in [7, 11) is 0. The van der Waals surface area contributed by atoms with E-state index in [1.165, 1.54) is 17.8 Å². The van der Waals surface area contributed by atoms with E-state index in [1.54, 1.807) is 36.4 Å². The van der Waals surface area contributed by atoms with Crippen molar-refractivity contribution in [3.63, 3.8) is 0 Å². The Labute approximate surface area is 210 Å². The Kier molecular flexibility index (Phi) is 6.18. The number of nitrogens with one attached hydrogen (secondary N) is 1. The molecule has 5 atom stereocenters. The highest BCUT2D eigenvalue weighted by Crippen LogP contribution is 2.58. The number of anilines is 1. The van der Waals surface area contributed by atoms with Crippen LogP contribution in [-0.4, -0.2) is 26.6 Å². The average Bonchev–Trinajstić information content (AvgIpc) is 3.15. The van der Waals surface area contributed by atoms with Gasteiger partial charge in [-0.1, -0.05) is 41.9 Å². The fraction of sp³-hybridized carbons (Fsp3) is 0.240. The summed E-state index contributed by atoms with van der Waals surface area (Å²) < 4.78 is 0. The normalized spacial score (nSPS) is 25.2. The minimum Gasteiger partial charge on any atom is -0.478 e. The van der Waals surface area contributed by atoms with Crippen molar-refractivity contribution in [1.82, 2.24) is 0 Å². The van der Waals surface area contributed by atoms with Crippen LogP contribution >= 0.6 is 35.0 Å². The monoisotopic (exact) mass is 514 g/mol. The molecule has 0 bridgehead atoms. The molecule has 0 spiro atoms. The molecule has 3 aromatic carbocycles. The summed E-state index contributed by atoms with van der Waals surface area (Å²) in [5.74, 6) is -1.11. The number of thioether (sulfide) groups is 1. The number of nitrogens with zero attached hydrogens (tertiary/aromatic N) is 1. The molecule has 2 N–H and O–H groups in total. The Morgan fingerprint density at radius 2 is 1.82 bits per heavy atom. The van der Waals surface area contributed by atoms with Crippen molar-refractivity contribution in [2.45, 2.75) is 33.9 Å². The summed E-state index contributed by atoms with van der Waals surface area (Å²) in [5.41, 5.74) is 2.90. The van der Waals surface area contributed by atoms with Crippen LogP contribution in [0.15, 0.2) is 71.6 Å². The highest BCUT2D eigenvalue weighted by molar-refractivity contribution is 8.00. The molecule has 1 aliphatic heterocycles. The molecule has 2 aliphatic rings. The topological polar surface area (TPSA) is 92.5 Å². The number of benzene rings is 3. The lowest BCUT2D eigenvalue weighted by Crippen LogP contribution is -2.31. The molecule has 1 aliphatic carbocycles. The molecule has 174 valence electrons. The second-order valence-electron chi connectivity index (χ2n) is 8.50. The molecule has 0 aromatic heterocycles. The maximum atomic E-state index is 11.7. The highest BCUT2D eigenvalue weighted by atomic mass is 35.5. The molecule has 1 heterocycles. The molecule has 0 saturated heterocycles. The zero-order valence-electron chi connectivity index (χ0n) is 17.7. The van der Waals surface area contributed by atoms with Gasteiger partial charge in [-0.2, -0.15) is 0 Å². The molecule has 1 saturated carbocycles. The van der Waals surface area contributed by atoms with Gasteiger partial charge in [0.15, 0.2) is 0 Å². The number of hydrogen-bond donors (Lipinski definition) is 2. The predicted octanol–water partition coefficient (Wildman–Crippen LogP) is 6.99. The van der Waals surface area contributed by atoms with Gasteiger partial charge in [-0.05, 0) is 53.8 Å². The number of nitro benzene ring substituents is 1. The van der Waals surface area contributed by atoms with Crippen molar-refractivity contribution >= 4 is 52.3 Å². The van der Waals surface area contributed by atoms with Crippen LogP contribution in [-0.2, 0) is 0 Å². The first-order chi connectivity index (χ1) is 16.3. The lowest BCUT2D eigenvalue weighted by atomic mass is 9.77. The molecule has 5 rings (SSSR count). The van der Waals surface area contributed by atoms with Crippen LogP contribution in [0.2, 0.25) is 5.02 Å². The van der Waals surface area contributed by atoms with E-state index in [0.717, 1.165) is 16.8 Å². The Hall–Kier alpha value is -2.74. The van der Waals surface area contributed by atoms with Gasteiger partial charge in [0.25, 0.3) is 5.69 Å². The zero-order valence-corrected chi connectivity index (χ0v) is 20.1. The van der Waals surface area contributed by atoms with E-state index in [4.69, 9.17) is 23.2 Å². The zero-order chi connectivity index (χ0) is 24.0. The second-order valence-corrected chi connectivity index (χ2v) is 10.7. The number of carboxylic acids is 1. The van der Waals surface area contributed by atoms with Gasteiger partial charge in [0, 0.05) is 27.9 Å². The van der Waals surface area contributed by atoms with Crippen LogP contribution in [0.25, 0.3) is 0 Å². The molecule has 0 radical (unpaired) electrons. The van der Waals surface area contributed by atoms with Gasteiger partial charge in [-0.25, -0.2) is 4.79 Å². The van der Waals surface area contributed by atoms with E-state index >= 15 is 0 Å². The van der Waals surface area contributed by atoms with Gasteiger partial charge in [0.1, 0.15) is 0 Å². The molecular weight excluding hydrogens is 495 g/mol. The summed E-state index contributed by atoms with van der Waals surface area (Å²) in [4.78, 5) is 23.4. The molecule has 0 unspecified atom stereocenters. The van der Waals surface area contributed by atoms with E-state index in [2.05, 4.69) is 5.32 Å². The number of aromatic carboxylic acids is 1. The van der Waals surface area contributed by atoms with Crippen LogP contribution in [0.3, 0.4) is 0 Å². The van der Waals surface area contributed by atoms with Gasteiger partial charge in [-0.3, -0.25) is 10.1 Å². The number of para-hydroxylation sites is 1. The van der Waals surface area contributed by atoms with Crippen molar-refractivity contribution in [2.75, 3.05) is 5.32 Å². The van der Waals surface area contributed by atoms with Crippen LogP contribution in [0.1, 0.15) is 39.9 Å². The number of carboxylic acid groups (broad SMARTS) is 1. The number of alkyl halides is 1. The molecular formula is C25H20Cl2N2O4S.